The van der Waals surface area contributed by atoms with Crippen LogP contribution in [0.4, 0.5) is 0 Å². The largest absolute Gasteiger partial charge is 0.379 e. The van der Waals surface area contributed by atoms with Crippen molar-refractivity contribution in [1.82, 2.24) is 15.1 Å². The molecule has 0 unspecified atom stereocenters. The van der Waals surface area contributed by atoms with Crippen molar-refractivity contribution in [3.05, 3.63) is 70.3 Å². The molecule has 2 aromatic carbocycles. The zero-order valence-corrected chi connectivity index (χ0v) is 19.4. The van der Waals surface area contributed by atoms with Gasteiger partial charge < -0.3 is 10.1 Å². The second-order valence-electron chi connectivity index (χ2n) is 9.37. The number of imide groups is 1. The molecule has 5 rings (SSSR count). The van der Waals surface area contributed by atoms with Gasteiger partial charge in [0, 0.05) is 37.8 Å². The summed E-state index contributed by atoms with van der Waals surface area (Å²) in [6.07, 6.45) is 4.96. The van der Waals surface area contributed by atoms with Crippen LogP contribution in [0.2, 0.25) is 0 Å². The molecule has 0 radical (unpaired) electrons. The number of ether oxygens (including phenoxy) is 1. The van der Waals surface area contributed by atoms with Gasteiger partial charge in [-0.25, -0.2) is 0 Å². The number of rotatable bonds is 6. The van der Waals surface area contributed by atoms with E-state index in [4.69, 9.17) is 4.74 Å². The maximum atomic E-state index is 13.1. The number of carbonyl (C=O) groups is 3. The number of nitrogens with zero attached hydrogens (tertiary/aromatic N) is 2. The van der Waals surface area contributed by atoms with Crippen LogP contribution in [0.15, 0.2) is 42.5 Å². The van der Waals surface area contributed by atoms with Crippen molar-refractivity contribution in [2.24, 2.45) is 0 Å². The highest BCUT2D eigenvalue weighted by atomic mass is 16.5. The minimum absolute atomic E-state index is 0.0265. The van der Waals surface area contributed by atoms with E-state index < -0.39 is 0 Å². The van der Waals surface area contributed by atoms with Crippen LogP contribution in [-0.4, -0.2) is 59.9 Å². The number of amides is 3. The summed E-state index contributed by atoms with van der Waals surface area (Å²) >= 11 is 0. The highest BCUT2D eigenvalue weighted by molar-refractivity contribution is 6.22. The highest BCUT2D eigenvalue weighted by Crippen LogP contribution is 2.31. The van der Waals surface area contributed by atoms with Crippen molar-refractivity contribution < 1.29 is 19.1 Å². The fraction of sp³-hybridized carbons (Fsp3) is 0.444. The first-order valence-electron chi connectivity index (χ1n) is 12.3. The first kappa shape index (κ1) is 22.7. The van der Waals surface area contributed by atoms with Gasteiger partial charge in [-0.2, -0.15) is 0 Å². The number of nitrogens with one attached hydrogen (secondary N) is 1. The Labute approximate surface area is 200 Å². The SMILES string of the molecule is O=C(NCc1ccccc1CN1CCOCC1)c1ccc2c(c1)C(=O)N(C1CCCCC1)C2=O. The fourth-order valence-corrected chi connectivity index (χ4v) is 5.23. The number of morpholine rings is 1. The predicted molar refractivity (Wildman–Crippen MR) is 128 cm³/mol. The van der Waals surface area contributed by atoms with Crippen LogP contribution >= 0.6 is 0 Å². The molecule has 0 aromatic heterocycles. The Hall–Kier alpha value is -3.03. The van der Waals surface area contributed by atoms with Crippen LogP contribution in [0.1, 0.15) is 74.3 Å². The zero-order chi connectivity index (χ0) is 23.5. The van der Waals surface area contributed by atoms with Crippen molar-refractivity contribution >= 4 is 17.7 Å². The number of benzene rings is 2. The van der Waals surface area contributed by atoms with Crippen molar-refractivity contribution in [3.8, 4) is 0 Å². The molecule has 178 valence electrons. The third-order valence-corrected chi connectivity index (χ3v) is 7.18. The van der Waals surface area contributed by atoms with E-state index in [-0.39, 0.29) is 23.8 Å². The summed E-state index contributed by atoms with van der Waals surface area (Å²) in [4.78, 5) is 42.7. The number of fused-ring (bicyclic) bond motifs is 1. The first-order chi connectivity index (χ1) is 16.6. The summed E-state index contributed by atoms with van der Waals surface area (Å²) in [5.74, 6) is -0.742. The lowest BCUT2D eigenvalue weighted by molar-refractivity contribution is 0.0340. The average Bonchev–Trinajstić information content (AvgIpc) is 3.13. The standard InChI is InChI=1S/C27H31N3O4/c31-25(28-17-20-6-4-5-7-21(20)18-29-12-14-34-15-13-29)19-10-11-23-24(16-19)27(33)30(26(23)32)22-8-2-1-3-9-22/h4-7,10-11,16,22H,1-3,8-9,12-15,17-18H2,(H,28,31). The Morgan fingerprint density at radius 3 is 2.38 bits per heavy atom. The van der Waals surface area contributed by atoms with Gasteiger partial charge in [-0.05, 0) is 42.2 Å². The van der Waals surface area contributed by atoms with Crippen LogP contribution in [-0.2, 0) is 17.8 Å². The van der Waals surface area contributed by atoms with Crippen molar-refractivity contribution in [2.75, 3.05) is 26.3 Å². The van der Waals surface area contributed by atoms with Gasteiger partial charge in [-0.15, -0.1) is 0 Å². The van der Waals surface area contributed by atoms with Gasteiger partial charge >= 0.3 is 0 Å². The molecule has 1 N–H and O–H groups in total. The zero-order valence-electron chi connectivity index (χ0n) is 19.4. The Kier molecular flexibility index (Phi) is 6.74. The number of carbonyl (C=O) groups excluding carboxylic acids is 3. The molecule has 0 atom stereocenters. The number of hydrogen-bond acceptors (Lipinski definition) is 5. The maximum absolute atomic E-state index is 13.1. The lowest BCUT2D eigenvalue weighted by Crippen LogP contribution is -2.40. The van der Waals surface area contributed by atoms with Gasteiger partial charge in [0.25, 0.3) is 17.7 Å². The van der Waals surface area contributed by atoms with Gasteiger partial charge in [-0.1, -0.05) is 43.5 Å². The molecule has 1 saturated carbocycles. The monoisotopic (exact) mass is 461 g/mol. The molecule has 2 heterocycles. The molecule has 7 nitrogen and oxygen atoms in total. The molecule has 7 heteroatoms. The molecular formula is C27H31N3O4. The average molecular weight is 462 g/mol. The molecule has 1 saturated heterocycles. The summed E-state index contributed by atoms with van der Waals surface area (Å²) in [7, 11) is 0. The van der Waals surface area contributed by atoms with Crippen LogP contribution in [0.25, 0.3) is 0 Å². The lowest BCUT2D eigenvalue weighted by Gasteiger charge is -2.29. The summed E-state index contributed by atoms with van der Waals surface area (Å²) in [5, 5.41) is 2.99. The molecule has 3 aliphatic rings. The Balaban J connectivity index is 1.26. The van der Waals surface area contributed by atoms with Crippen LogP contribution in [0.5, 0.6) is 0 Å². The third kappa shape index (κ3) is 4.63. The van der Waals surface area contributed by atoms with Crippen LogP contribution < -0.4 is 5.32 Å². The lowest BCUT2D eigenvalue weighted by atomic mass is 9.94. The summed E-state index contributed by atoms with van der Waals surface area (Å²) in [6, 6.07) is 12.9. The Morgan fingerprint density at radius 1 is 0.912 bits per heavy atom. The van der Waals surface area contributed by atoms with E-state index in [1.54, 1.807) is 18.2 Å². The molecular weight excluding hydrogens is 430 g/mol. The van der Waals surface area contributed by atoms with Crippen molar-refractivity contribution in [2.45, 2.75) is 51.2 Å². The summed E-state index contributed by atoms with van der Waals surface area (Å²) in [5.41, 5.74) is 3.40. The first-order valence-corrected chi connectivity index (χ1v) is 12.3. The molecule has 0 bridgehead atoms. The molecule has 2 fully saturated rings. The quantitative estimate of drug-likeness (QED) is 0.668. The van der Waals surface area contributed by atoms with E-state index in [2.05, 4.69) is 16.3 Å². The molecule has 2 aromatic rings. The topological polar surface area (TPSA) is 79.0 Å². The fourth-order valence-electron chi connectivity index (χ4n) is 5.23. The normalized spacial score (nSPS) is 19.4. The molecule has 34 heavy (non-hydrogen) atoms. The second kappa shape index (κ2) is 10.1. The van der Waals surface area contributed by atoms with Crippen LogP contribution in [0, 0.1) is 0 Å². The van der Waals surface area contributed by atoms with E-state index >= 15 is 0 Å². The second-order valence-corrected chi connectivity index (χ2v) is 9.37. The Morgan fingerprint density at radius 2 is 1.62 bits per heavy atom. The smallest absolute Gasteiger partial charge is 0.261 e. The molecule has 0 spiro atoms. The molecule has 1 aliphatic carbocycles. The molecule has 3 amide bonds. The minimum atomic E-state index is -0.266. The van der Waals surface area contributed by atoms with E-state index in [1.807, 2.05) is 18.2 Å². The van der Waals surface area contributed by atoms with E-state index in [1.165, 1.54) is 10.5 Å². The summed E-state index contributed by atoms with van der Waals surface area (Å²) in [6.45, 7) is 4.52. The Bertz CT molecular complexity index is 1090. The van der Waals surface area contributed by atoms with Gasteiger partial charge in [-0.3, -0.25) is 24.2 Å². The maximum Gasteiger partial charge on any atom is 0.261 e. The van der Waals surface area contributed by atoms with Gasteiger partial charge in [0.1, 0.15) is 0 Å². The van der Waals surface area contributed by atoms with E-state index in [0.29, 0.717) is 23.2 Å². The van der Waals surface area contributed by atoms with Crippen molar-refractivity contribution in [3.63, 3.8) is 0 Å². The van der Waals surface area contributed by atoms with E-state index in [9.17, 15) is 14.4 Å². The van der Waals surface area contributed by atoms with Gasteiger partial charge in [0.05, 0.1) is 24.3 Å². The van der Waals surface area contributed by atoms with E-state index in [0.717, 1.165) is 70.5 Å². The van der Waals surface area contributed by atoms with Gasteiger partial charge in [0.15, 0.2) is 0 Å². The van der Waals surface area contributed by atoms with Crippen LogP contribution in [0.3, 0.4) is 0 Å². The third-order valence-electron chi connectivity index (χ3n) is 7.18. The van der Waals surface area contributed by atoms with Crippen molar-refractivity contribution in [1.29, 1.82) is 0 Å². The van der Waals surface area contributed by atoms with Gasteiger partial charge in [0.2, 0.25) is 0 Å². The molecule has 2 aliphatic heterocycles. The highest BCUT2D eigenvalue weighted by Gasteiger charge is 2.40. The predicted octanol–water partition coefficient (Wildman–Crippen LogP) is 3.38. The minimum Gasteiger partial charge on any atom is -0.379 e. The number of hydrogen-bond donors (Lipinski definition) is 1. The summed E-state index contributed by atoms with van der Waals surface area (Å²) < 4.78 is 5.44.